The van der Waals surface area contributed by atoms with Crippen molar-refractivity contribution in [3.05, 3.63) is 59.7 Å². The first-order valence-electron chi connectivity index (χ1n) is 5.97. The Kier molecular flexibility index (Phi) is 3.76. The maximum Gasteiger partial charge on any atom is 0.163 e. The largest absolute Gasteiger partial charge is 0.365 e. The van der Waals surface area contributed by atoms with Gasteiger partial charge in [0, 0.05) is 18.8 Å². The van der Waals surface area contributed by atoms with E-state index >= 15 is 0 Å². The number of hydrogen-bond donors (Lipinski definition) is 0. The summed E-state index contributed by atoms with van der Waals surface area (Å²) in [6, 6.07) is 12.1. The zero-order valence-electron chi connectivity index (χ0n) is 10.8. The molecule has 0 radical (unpaired) electrons. The Morgan fingerprint density at radius 1 is 1.26 bits per heavy atom. The lowest BCUT2D eigenvalue weighted by Crippen LogP contribution is -2.23. The van der Waals surface area contributed by atoms with Crippen molar-refractivity contribution in [2.75, 3.05) is 11.9 Å². The van der Waals surface area contributed by atoms with Crippen LogP contribution in [0.15, 0.2) is 42.6 Å². The van der Waals surface area contributed by atoms with Crippen LogP contribution in [-0.2, 0) is 0 Å². The Hall–Kier alpha value is -2.41. The molecule has 0 aliphatic carbocycles. The Morgan fingerprint density at radius 2 is 2.00 bits per heavy atom. The number of nitriles is 1. The first-order valence-corrected chi connectivity index (χ1v) is 5.97. The Bertz CT molecular complexity index is 619. The predicted octanol–water partition coefficient (Wildman–Crippen LogP) is 3.29. The van der Waals surface area contributed by atoms with E-state index < -0.39 is 0 Å². The van der Waals surface area contributed by atoms with Gasteiger partial charge < -0.3 is 4.90 Å². The number of aromatic nitrogens is 1. The van der Waals surface area contributed by atoms with E-state index in [1.807, 2.05) is 24.9 Å². The monoisotopic (exact) mass is 255 g/mol. The first kappa shape index (κ1) is 13.0. The molecule has 0 spiro atoms. The predicted molar refractivity (Wildman–Crippen MR) is 72.2 cm³/mol. The van der Waals surface area contributed by atoms with Crippen LogP contribution in [0.5, 0.6) is 0 Å². The molecule has 96 valence electrons. The van der Waals surface area contributed by atoms with Crippen LogP contribution in [0.4, 0.5) is 10.1 Å². The molecule has 1 aromatic heterocycles. The van der Waals surface area contributed by atoms with Gasteiger partial charge in [0.25, 0.3) is 0 Å². The van der Waals surface area contributed by atoms with Gasteiger partial charge in [0.15, 0.2) is 5.69 Å². The molecule has 19 heavy (non-hydrogen) atoms. The molecule has 0 amide bonds. The van der Waals surface area contributed by atoms with Crippen molar-refractivity contribution in [2.45, 2.75) is 13.0 Å². The zero-order chi connectivity index (χ0) is 13.8. The van der Waals surface area contributed by atoms with Gasteiger partial charge in [-0.3, -0.25) is 0 Å². The minimum atomic E-state index is -0.246. The van der Waals surface area contributed by atoms with Crippen LogP contribution in [-0.4, -0.2) is 12.0 Å². The van der Waals surface area contributed by atoms with Crippen molar-refractivity contribution in [3.63, 3.8) is 0 Å². The van der Waals surface area contributed by atoms with Crippen LogP contribution < -0.4 is 4.90 Å². The molecule has 1 atom stereocenters. The van der Waals surface area contributed by atoms with E-state index in [2.05, 4.69) is 11.1 Å². The smallest absolute Gasteiger partial charge is 0.163 e. The van der Waals surface area contributed by atoms with Crippen molar-refractivity contribution in [1.29, 1.82) is 5.26 Å². The highest BCUT2D eigenvalue weighted by Crippen LogP contribution is 2.28. The summed E-state index contributed by atoms with van der Waals surface area (Å²) in [6.07, 6.45) is 1.57. The molecule has 1 unspecified atom stereocenters. The fourth-order valence-electron chi connectivity index (χ4n) is 2.00. The van der Waals surface area contributed by atoms with Crippen LogP contribution >= 0.6 is 0 Å². The number of pyridine rings is 1. The summed E-state index contributed by atoms with van der Waals surface area (Å²) in [5, 5.41) is 9.06. The summed E-state index contributed by atoms with van der Waals surface area (Å²) in [5.41, 5.74) is 1.63. The molecule has 0 saturated heterocycles. The molecule has 1 aromatic carbocycles. The topological polar surface area (TPSA) is 39.9 Å². The van der Waals surface area contributed by atoms with Crippen LogP contribution in [0.25, 0.3) is 0 Å². The molecule has 4 heteroatoms. The number of benzene rings is 1. The van der Waals surface area contributed by atoms with Crippen molar-refractivity contribution in [1.82, 2.24) is 4.98 Å². The van der Waals surface area contributed by atoms with Gasteiger partial charge in [-0.15, -0.1) is 0 Å². The van der Waals surface area contributed by atoms with Crippen molar-refractivity contribution in [3.8, 4) is 6.07 Å². The fraction of sp³-hybridized carbons (Fsp3) is 0.200. The van der Waals surface area contributed by atoms with Crippen molar-refractivity contribution < 1.29 is 4.39 Å². The summed E-state index contributed by atoms with van der Waals surface area (Å²) in [7, 11) is 1.83. The molecule has 1 heterocycles. The lowest BCUT2D eigenvalue weighted by Gasteiger charge is -2.27. The van der Waals surface area contributed by atoms with E-state index in [0.717, 1.165) is 0 Å². The highest BCUT2D eigenvalue weighted by atomic mass is 19.1. The van der Waals surface area contributed by atoms with Crippen molar-refractivity contribution >= 4 is 5.69 Å². The zero-order valence-corrected chi connectivity index (χ0v) is 10.8. The maximum absolute atomic E-state index is 13.8. The Labute approximate surface area is 111 Å². The fourth-order valence-corrected chi connectivity index (χ4v) is 2.00. The molecule has 0 N–H and O–H groups in total. The van der Waals surface area contributed by atoms with Gasteiger partial charge >= 0.3 is 0 Å². The molecule has 3 nitrogen and oxygen atoms in total. The maximum atomic E-state index is 13.8. The standard InChI is InChI=1S/C15H14FN3/c1-11(12-6-3-4-7-13(12)16)19(2)15-8-5-9-18-14(15)10-17/h3-9,11H,1-2H3. The highest BCUT2D eigenvalue weighted by molar-refractivity contribution is 5.56. The summed E-state index contributed by atoms with van der Waals surface area (Å²) in [5.74, 6) is -0.246. The van der Waals surface area contributed by atoms with Crippen molar-refractivity contribution in [2.24, 2.45) is 0 Å². The average Bonchev–Trinajstić information content (AvgIpc) is 2.46. The molecule has 2 rings (SSSR count). The molecular formula is C15H14FN3. The summed E-state index contributed by atoms with van der Waals surface area (Å²) >= 11 is 0. The first-order chi connectivity index (χ1) is 9.15. The molecule has 0 aliphatic rings. The third kappa shape index (κ3) is 2.55. The van der Waals surface area contributed by atoms with Gasteiger partial charge in [-0.25, -0.2) is 9.37 Å². The third-order valence-electron chi connectivity index (χ3n) is 3.21. The van der Waals surface area contributed by atoms with Gasteiger partial charge in [0.1, 0.15) is 11.9 Å². The molecule has 2 aromatic rings. The van der Waals surface area contributed by atoms with Gasteiger partial charge in [-0.1, -0.05) is 18.2 Å². The minimum absolute atomic E-state index is 0.183. The molecular weight excluding hydrogens is 241 g/mol. The Balaban J connectivity index is 2.37. The number of hydrogen-bond acceptors (Lipinski definition) is 3. The number of halogens is 1. The second-order valence-electron chi connectivity index (χ2n) is 4.29. The van der Waals surface area contributed by atoms with E-state index in [1.165, 1.54) is 6.07 Å². The van der Waals surface area contributed by atoms with Gasteiger partial charge in [-0.2, -0.15) is 5.26 Å². The third-order valence-corrected chi connectivity index (χ3v) is 3.21. The van der Waals surface area contributed by atoms with E-state index in [0.29, 0.717) is 16.9 Å². The number of anilines is 1. The highest BCUT2D eigenvalue weighted by Gasteiger charge is 2.18. The molecule has 0 saturated carbocycles. The number of nitrogens with zero attached hydrogens (tertiary/aromatic N) is 3. The van der Waals surface area contributed by atoms with E-state index in [1.54, 1.807) is 30.5 Å². The second-order valence-corrected chi connectivity index (χ2v) is 4.29. The number of rotatable bonds is 3. The van der Waals surface area contributed by atoms with E-state index in [9.17, 15) is 4.39 Å². The minimum Gasteiger partial charge on any atom is -0.365 e. The van der Waals surface area contributed by atoms with E-state index in [4.69, 9.17) is 5.26 Å². The van der Waals surface area contributed by atoms with Crippen LogP contribution in [0, 0.1) is 17.1 Å². The summed E-state index contributed by atoms with van der Waals surface area (Å²) in [4.78, 5) is 5.87. The van der Waals surface area contributed by atoms with Gasteiger partial charge in [0.05, 0.1) is 11.7 Å². The lowest BCUT2D eigenvalue weighted by atomic mass is 10.1. The molecule has 0 fully saturated rings. The second kappa shape index (κ2) is 5.49. The van der Waals surface area contributed by atoms with Gasteiger partial charge in [-0.05, 0) is 25.1 Å². The molecule has 0 aliphatic heterocycles. The lowest BCUT2D eigenvalue weighted by molar-refractivity contribution is 0.585. The van der Waals surface area contributed by atoms with Crippen LogP contribution in [0.3, 0.4) is 0 Å². The summed E-state index contributed by atoms with van der Waals surface area (Å²) in [6.45, 7) is 1.90. The van der Waals surface area contributed by atoms with E-state index in [-0.39, 0.29) is 11.9 Å². The molecule has 0 bridgehead atoms. The summed E-state index contributed by atoms with van der Waals surface area (Å²) < 4.78 is 13.8. The Morgan fingerprint density at radius 3 is 2.68 bits per heavy atom. The van der Waals surface area contributed by atoms with Gasteiger partial charge in [0.2, 0.25) is 0 Å². The normalized spacial score (nSPS) is 11.7. The van der Waals surface area contributed by atoms with Crippen LogP contribution in [0.1, 0.15) is 24.2 Å². The SMILES string of the molecule is CC(c1ccccc1F)N(C)c1cccnc1C#N. The van der Waals surface area contributed by atoms with Crippen LogP contribution in [0.2, 0.25) is 0 Å². The quantitative estimate of drug-likeness (QED) is 0.845. The average molecular weight is 255 g/mol.